The van der Waals surface area contributed by atoms with E-state index < -0.39 is 11.7 Å². The smallest absolute Gasteiger partial charge is 0.260 e. The highest BCUT2D eigenvalue weighted by Crippen LogP contribution is 2.18. The fourth-order valence-corrected chi connectivity index (χ4v) is 2.23. The molecule has 0 spiro atoms. The zero-order valence-electron chi connectivity index (χ0n) is 11.0. The molecule has 20 heavy (non-hydrogen) atoms. The average molecular weight is 280 g/mol. The summed E-state index contributed by atoms with van der Waals surface area (Å²) in [5.74, 6) is -1.42. The Kier molecular flexibility index (Phi) is 4.55. The van der Waals surface area contributed by atoms with Crippen molar-refractivity contribution in [3.05, 3.63) is 30.1 Å². The lowest BCUT2D eigenvalue weighted by molar-refractivity contribution is -0.136. The summed E-state index contributed by atoms with van der Waals surface area (Å²) in [5.41, 5.74) is 5.26. The third-order valence-corrected chi connectivity index (χ3v) is 3.36. The summed E-state index contributed by atoms with van der Waals surface area (Å²) < 4.78 is 18.5. The van der Waals surface area contributed by atoms with E-state index in [-0.39, 0.29) is 24.2 Å². The van der Waals surface area contributed by atoms with E-state index >= 15 is 0 Å². The van der Waals surface area contributed by atoms with Crippen molar-refractivity contribution in [2.45, 2.75) is 12.8 Å². The highest BCUT2D eigenvalue weighted by atomic mass is 19.1. The molecule has 1 saturated heterocycles. The second-order valence-corrected chi connectivity index (χ2v) is 4.80. The minimum absolute atomic E-state index is 0.0457. The predicted octanol–water partition coefficient (Wildman–Crippen LogP) is 0.928. The van der Waals surface area contributed by atoms with E-state index in [1.165, 1.54) is 12.1 Å². The summed E-state index contributed by atoms with van der Waals surface area (Å²) in [6.07, 6.45) is 1.44. The standard InChI is InChI=1S/C14H17FN2O3/c15-11-5-1-2-6-12(11)20-9-13(18)17-7-3-4-10(8-17)14(16)19/h1-2,5-6,10H,3-4,7-9H2,(H2,16,19). The number of halogens is 1. The molecule has 6 heteroatoms. The maximum absolute atomic E-state index is 13.3. The van der Waals surface area contributed by atoms with Gasteiger partial charge >= 0.3 is 0 Å². The number of piperidine rings is 1. The fraction of sp³-hybridized carbons (Fsp3) is 0.429. The van der Waals surface area contributed by atoms with Crippen LogP contribution in [0.3, 0.4) is 0 Å². The van der Waals surface area contributed by atoms with Crippen LogP contribution in [-0.4, -0.2) is 36.4 Å². The summed E-state index contributed by atoms with van der Waals surface area (Å²) in [4.78, 5) is 24.7. The molecule has 2 amide bonds. The van der Waals surface area contributed by atoms with E-state index in [0.717, 1.165) is 6.42 Å². The SMILES string of the molecule is NC(=O)C1CCCN(C(=O)COc2ccccc2F)C1. The van der Waals surface area contributed by atoms with Crippen molar-refractivity contribution in [2.75, 3.05) is 19.7 Å². The van der Waals surface area contributed by atoms with Crippen molar-refractivity contribution in [2.24, 2.45) is 11.7 Å². The van der Waals surface area contributed by atoms with Gasteiger partial charge in [0.15, 0.2) is 18.2 Å². The number of primary amides is 1. The average Bonchev–Trinajstić information content (AvgIpc) is 2.46. The number of para-hydroxylation sites is 1. The Morgan fingerprint density at radius 1 is 1.40 bits per heavy atom. The van der Waals surface area contributed by atoms with Crippen molar-refractivity contribution in [1.29, 1.82) is 0 Å². The molecule has 0 bridgehead atoms. The van der Waals surface area contributed by atoms with Gasteiger partial charge in [0.2, 0.25) is 5.91 Å². The molecule has 0 aliphatic carbocycles. The van der Waals surface area contributed by atoms with Crippen LogP contribution in [0.5, 0.6) is 5.75 Å². The van der Waals surface area contributed by atoms with Crippen LogP contribution in [0.2, 0.25) is 0 Å². The molecule has 1 aromatic carbocycles. The number of carbonyl (C=O) groups excluding carboxylic acids is 2. The van der Waals surface area contributed by atoms with Crippen LogP contribution in [0, 0.1) is 11.7 Å². The van der Waals surface area contributed by atoms with E-state index in [9.17, 15) is 14.0 Å². The summed E-state index contributed by atoms with van der Waals surface area (Å²) in [6.45, 7) is 0.643. The van der Waals surface area contributed by atoms with Crippen LogP contribution in [0.1, 0.15) is 12.8 Å². The number of rotatable bonds is 4. The third kappa shape index (κ3) is 3.46. The van der Waals surface area contributed by atoms with E-state index in [0.29, 0.717) is 19.5 Å². The predicted molar refractivity (Wildman–Crippen MR) is 70.4 cm³/mol. The van der Waals surface area contributed by atoms with E-state index in [4.69, 9.17) is 10.5 Å². The molecule has 1 aromatic rings. The van der Waals surface area contributed by atoms with Gasteiger partial charge in [-0.25, -0.2) is 4.39 Å². The molecule has 1 heterocycles. The summed E-state index contributed by atoms with van der Waals surface area (Å²) in [5, 5.41) is 0. The Bertz CT molecular complexity index is 507. The van der Waals surface area contributed by atoms with Crippen LogP contribution in [0.4, 0.5) is 4.39 Å². The summed E-state index contributed by atoms with van der Waals surface area (Å²) in [7, 11) is 0. The molecule has 1 unspecified atom stereocenters. The Hall–Kier alpha value is -2.11. The first-order valence-electron chi connectivity index (χ1n) is 6.52. The Balaban J connectivity index is 1.89. The van der Waals surface area contributed by atoms with Gasteiger partial charge in [0.25, 0.3) is 5.91 Å². The number of likely N-dealkylation sites (tertiary alicyclic amines) is 1. The minimum atomic E-state index is -0.506. The van der Waals surface area contributed by atoms with Crippen LogP contribution in [0.15, 0.2) is 24.3 Å². The van der Waals surface area contributed by atoms with Gasteiger partial charge < -0.3 is 15.4 Å². The van der Waals surface area contributed by atoms with Crippen molar-refractivity contribution in [3.8, 4) is 5.75 Å². The van der Waals surface area contributed by atoms with Crippen molar-refractivity contribution in [1.82, 2.24) is 4.90 Å². The minimum Gasteiger partial charge on any atom is -0.481 e. The molecular formula is C14H17FN2O3. The van der Waals surface area contributed by atoms with Crippen molar-refractivity contribution in [3.63, 3.8) is 0 Å². The maximum atomic E-state index is 13.3. The third-order valence-electron chi connectivity index (χ3n) is 3.36. The van der Waals surface area contributed by atoms with Gasteiger partial charge in [-0.05, 0) is 25.0 Å². The molecule has 5 nitrogen and oxygen atoms in total. The molecule has 1 aliphatic heterocycles. The first kappa shape index (κ1) is 14.3. The molecule has 0 aromatic heterocycles. The molecule has 0 radical (unpaired) electrons. The van der Waals surface area contributed by atoms with Gasteiger partial charge in [-0.2, -0.15) is 0 Å². The second kappa shape index (κ2) is 6.36. The quantitative estimate of drug-likeness (QED) is 0.891. The molecule has 1 atom stereocenters. The van der Waals surface area contributed by atoms with Gasteiger partial charge in [-0.3, -0.25) is 9.59 Å². The van der Waals surface area contributed by atoms with Gasteiger partial charge in [0, 0.05) is 13.1 Å². The lowest BCUT2D eigenvalue weighted by Crippen LogP contribution is -2.45. The van der Waals surface area contributed by atoms with Crippen LogP contribution in [0.25, 0.3) is 0 Å². The number of amides is 2. The van der Waals surface area contributed by atoms with E-state index in [1.54, 1.807) is 17.0 Å². The number of nitrogens with two attached hydrogens (primary N) is 1. The van der Waals surface area contributed by atoms with Gasteiger partial charge in [0.05, 0.1) is 5.92 Å². The van der Waals surface area contributed by atoms with Crippen LogP contribution < -0.4 is 10.5 Å². The topological polar surface area (TPSA) is 72.6 Å². The first-order chi connectivity index (χ1) is 9.58. The number of benzene rings is 1. The largest absolute Gasteiger partial charge is 0.481 e. The molecule has 1 fully saturated rings. The Labute approximate surface area is 116 Å². The van der Waals surface area contributed by atoms with E-state index in [2.05, 4.69) is 0 Å². The highest BCUT2D eigenvalue weighted by Gasteiger charge is 2.27. The number of hydrogen-bond acceptors (Lipinski definition) is 3. The molecular weight excluding hydrogens is 263 g/mol. The zero-order valence-corrected chi connectivity index (χ0v) is 11.0. The summed E-state index contributed by atoms with van der Waals surface area (Å²) >= 11 is 0. The fourth-order valence-electron chi connectivity index (χ4n) is 2.23. The van der Waals surface area contributed by atoms with E-state index in [1.807, 2.05) is 0 Å². The van der Waals surface area contributed by atoms with Gasteiger partial charge in [-0.1, -0.05) is 12.1 Å². The molecule has 2 N–H and O–H groups in total. The first-order valence-corrected chi connectivity index (χ1v) is 6.52. The lowest BCUT2D eigenvalue weighted by Gasteiger charge is -2.31. The number of carbonyl (C=O) groups is 2. The number of ether oxygens (including phenoxy) is 1. The van der Waals surface area contributed by atoms with Gasteiger partial charge in [-0.15, -0.1) is 0 Å². The normalized spacial score (nSPS) is 18.6. The van der Waals surface area contributed by atoms with Crippen LogP contribution in [-0.2, 0) is 9.59 Å². The monoisotopic (exact) mass is 280 g/mol. The van der Waals surface area contributed by atoms with Crippen LogP contribution >= 0.6 is 0 Å². The number of hydrogen-bond donors (Lipinski definition) is 1. The van der Waals surface area contributed by atoms with Crippen molar-refractivity contribution >= 4 is 11.8 Å². The maximum Gasteiger partial charge on any atom is 0.260 e. The molecule has 108 valence electrons. The van der Waals surface area contributed by atoms with Crippen molar-refractivity contribution < 1.29 is 18.7 Å². The zero-order chi connectivity index (χ0) is 14.5. The lowest BCUT2D eigenvalue weighted by atomic mass is 9.97. The van der Waals surface area contributed by atoms with Gasteiger partial charge in [0.1, 0.15) is 0 Å². The second-order valence-electron chi connectivity index (χ2n) is 4.80. The highest BCUT2D eigenvalue weighted by molar-refractivity contribution is 5.81. The molecule has 2 rings (SSSR count). The Morgan fingerprint density at radius 2 is 2.15 bits per heavy atom. The molecule has 1 aliphatic rings. The number of nitrogens with zero attached hydrogens (tertiary/aromatic N) is 1. The molecule has 0 saturated carbocycles. The summed E-state index contributed by atoms with van der Waals surface area (Å²) in [6, 6.07) is 5.91. The Morgan fingerprint density at radius 3 is 2.85 bits per heavy atom.